The molecule has 1 amide bonds. The molecule has 0 unspecified atom stereocenters. The van der Waals surface area contributed by atoms with Crippen LogP contribution in [0.15, 0.2) is 48.5 Å². The quantitative estimate of drug-likeness (QED) is 0.583. The molecule has 1 aliphatic rings. The third kappa shape index (κ3) is 6.18. The Hall–Kier alpha value is -3.23. The number of carboxylic acid groups (broad SMARTS) is 1. The van der Waals surface area contributed by atoms with Gasteiger partial charge in [0.2, 0.25) is 0 Å². The van der Waals surface area contributed by atoms with E-state index < -0.39 is 29.4 Å². The van der Waals surface area contributed by atoms with Crippen LogP contribution in [-0.4, -0.2) is 34.2 Å². The molecular formula is C24H26F3NO5. The number of alkyl halides is 3. The van der Waals surface area contributed by atoms with Crippen molar-refractivity contribution < 1.29 is 37.3 Å². The largest absolute Gasteiger partial charge is 0.478 e. The Labute approximate surface area is 189 Å². The van der Waals surface area contributed by atoms with Crippen LogP contribution in [0.2, 0.25) is 0 Å². The van der Waals surface area contributed by atoms with Crippen molar-refractivity contribution in [1.29, 1.82) is 0 Å². The first-order valence-corrected chi connectivity index (χ1v) is 10.6. The van der Waals surface area contributed by atoms with E-state index in [4.69, 9.17) is 9.47 Å². The lowest BCUT2D eigenvalue weighted by Gasteiger charge is -2.35. The van der Waals surface area contributed by atoms with E-state index in [1.54, 1.807) is 23.1 Å². The SMILES string of the molecule is CC(C)(Oc1cccc([C@@H]2CCCCN2C(=O)OCc2ccc(C(F)(F)F)cc2)c1)C(=O)O. The van der Waals surface area contributed by atoms with Gasteiger partial charge in [0.1, 0.15) is 12.4 Å². The number of piperidine rings is 1. The Morgan fingerprint density at radius 1 is 1.09 bits per heavy atom. The minimum absolute atomic E-state index is 0.143. The van der Waals surface area contributed by atoms with Crippen molar-refractivity contribution in [3.05, 3.63) is 65.2 Å². The number of carboxylic acids is 1. The molecule has 0 radical (unpaired) electrons. The summed E-state index contributed by atoms with van der Waals surface area (Å²) in [5.74, 6) is -0.720. The molecule has 33 heavy (non-hydrogen) atoms. The first-order valence-electron chi connectivity index (χ1n) is 10.6. The Morgan fingerprint density at radius 2 is 1.79 bits per heavy atom. The van der Waals surface area contributed by atoms with E-state index in [1.165, 1.54) is 26.0 Å². The number of likely N-dealkylation sites (tertiary alicyclic amines) is 1. The number of nitrogens with zero attached hydrogens (tertiary/aromatic N) is 1. The van der Waals surface area contributed by atoms with Crippen LogP contribution in [0.3, 0.4) is 0 Å². The van der Waals surface area contributed by atoms with E-state index in [-0.39, 0.29) is 12.6 Å². The highest BCUT2D eigenvalue weighted by Gasteiger charge is 2.32. The molecule has 0 aromatic heterocycles. The summed E-state index contributed by atoms with van der Waals surface area (Å²) in [4.78, 5) is 25.8. The fourth-order valence-electron chi connectivity index (χ4n) is 3.64. The summed E-state index contributed by atoms with van der Waals surface area (Å²) in [5.41, 5.74) is -0.927. The van der Waals surface area contributed by atoms with Crippen LogP contribution < -0.4 is 4.74 Å². The molecule has 6 nitrogen and oxygen atoms in total. The molecule has 2 aromatic rings. The topological polar surface area (TPSA) is 76.1 Å². The van der Waals surface area contributed by atoms with Gasteiger partial charge in [-0.1, -0.05) is 24.3 Å². The van der Waals surface area contributed by atoms with Crippen LogP contribution >= 0.6 is 0 Å². The fourth-order valence-corrected chi connectivity index (χ4v) is 3.64. The zero-order valence-electron chi connectivity index (χ0n) is 18.4. The number of rotatable bonds is 6. The van der Waals surface area contributed by atoms with Gasteiger partial charge in [0, 0.05) is 6.54 Å². The summed E-state index contributed by atoms with van der Waals surface area (Å²) in [6.07, 6.45) is -2.58. The number of carbonyl (C=O) groups is 2. The molecule has 1 atom stereocenters. The standard InChI is InChI=1S/C24H26F3NO5/c1-23(2,21(29)30)33-19-7-5-6-17(14-19)20-8-3-4-13-28(20)22(31)32-15-16-9-11-18(12-10-16)24(25,26)27/h5-7,9-12,14,20H,3-4,8,13,15H2,1-2H3,(H,29,30)/t20-/m0/s1. The van der Waals surface area contributed by atoms with E-state index in [0.717, 1.165) is 30.5 Å². The smallest absolute Gasteiger partial charge is 0.416 e. The van der Waals surface area contributed by atoms with Crippen LogP contribution in [0.4, 0.5) is 18.0 Å². The molecule has 1 N–H and O–H groups in total. The van der Waals surface area contributed by atoms with E-state index >= 15 is 0 Å². The summed E-state index contributed by atoms with van der Waals surface area (Å²) in [5, 5.41) is 9.29. The van der Waals surface area contributed by atoms with E-state index in [2.05, 4.69) is 0 Å². The number of carbonyl (C=O) groups excluding carboxylic acids is 1. The van der Waals surface area contributed by atoms with Crippen LogP contribution in [0.1, 0.15) is 55.8 Å². The second-order valence-corrected chi connectivity index (χ2v) is 8.44. The zero-order chi connectivity index (χ0) is 24.2. The number of amides is 1. The predicted octanol–water partition coefficient (Wildman–Crippen LogP) is 5.81. The monoisotopic (exact) mass is 465 g/mol. The number of hydrogen-bond acceptors (Lipinski definition) is 4. The Bertz CT molecular complexity index is 988. The lowest BCUT2D eigenvalue weighted by molar-refractivity contribution is -0.152. The van der Waals surface area contributed by atoms with Gasteiger partial charge < -0.3 is 19.5 Å². The average molecular weight is 465 g/mol. The molecular weight excluding hydrogens is 439 g/mol. The van der Waals surface area contributed by atoms with Gasteiger partial charge in [0.05, 0.1) is 11.6 Å². The van der Waals surface area contributed by atoms with Crippen molar-refractivity contribution in [1.82, 2.24) is 4.90 Å². The van der Waals surface area contributed by atoms with Crippen molar-refractivity contribution >= 4 is 12.1 Å². The van der Waals surface area contributed by atoms with Gasteiger partial charge in [0.25, 0.3) is 0 Å². The molecule has 178 valence electrons. The van der Waals surface area contributed by atoms with Crippen LogP contribution in [0, 0.1) is 0 Å². The minimum atomic E-state index is -4.42. The first-order chi connectivity index (χ1) is 15.5. The third-order valence-corrected chi connectivity index (χ3v) is 5.51. The van der Waals surface area contributed by atoms with Gasteiger partial charge in [-0.05, 0) is 68.5 Å². The Morgan fingerprint density at radius 3 is 2.42 bits per heavy atom. The van der Waals surface area contributed by atoms with Crippen molar-refractivity contribution in [2.75, 3.05) is 6.54 Å². The number of ether oxygens (including phenoxy) is 2. The van der Waals surface area contributed by atoms with Crippen molar-refractivity contribution in [3.8, 4) is 5.75 Å². The van der Waals surface area contributed by atoms with Crippen molar-refractivity contribution in [2.24, 2.45) is 0 Å². The second-order valence-electron chi connectivity index (χ2n) is 8.44. The molecule has 0 aliphatic carbocycles. The van der Waals surface area contributed by atoms with Crippen LogP contribution in [0.5, 0.6) is 5.75 Å². The maximum atomic E-state index is 12.8. The third-order valence-electron chi connectivity index (χ3n) is 5.51. The zero-order valence-corrected chi connectivity index (χ0v) is 18.4. The normalized spacial score (nSPS) is 16.9. The highest BCUT2D eigenvalue weighted by Crippen LogP contribution is 2.34. The molecule has 1 heterocycles. The van der Waals surface area contributed by atoms with Gasteiger partial charge in [-0.15, -0.1) is 0 Å². The second kappa shape index (κ2) is 9.72. The van der Waals surface area contributed by atoms with Gasteiger partial charge in [-0.3, -0.25) is 0 Å². The van der Waals surface area contributed by atoms with Crippen molar-refractivity contribution in [3.63, 3.8) is 0 Å². The minimum Gasteiger partial charge on any atom is -0.478 e. The lowest BCUT2D eigenvalue weighted by Crippen LogP contribution is -2.39. The fraction of sp³-hybridized carbons (Fsp3) is 0.417. The molecule has 3 rings (SSSR count). The molecule has 1 fully saturated rings. The van der Waals surface area contributed by atoms with Gasteiger partial charge in [-0.25, -0.2) is 9.59 Å². The highest BCUT2D eigenvalue weighted by molar-refractivity contribution is 5.76. The van der Waals surface area contributed by atoms with Gasteiger partial charge in [-0.2, -0.15) is 13.2 Å². The summed E-state index contributed by atoms with van der Waals surface area (Å²) in [7, 11) is 0. The highest BCUT2D eigenvalue weighted by atomic mass is 19.4. The van der Waals surface area contributed by atoms with Crippen LogP contribution in [-0.2, 0) is 22.3 Å². The average Bonchev–Trinajstić information content (AvgIpc) is 2.77. The molecule has 1 saturated heterocycles. The van der Waals surface area contributed by atoms with E-state index in [9.17, 15) is 27.9 Å². The van der Waals surface area contributed by atoms with Gasteiger partial charge in [0.15, 0.2) is 5.60 Å². The van der Waals surface area contributed by atoms with E-state index in [0.29, 0.717) is 24.3 Å². The maximum Gasteiger partial charge on any atom is 0.416 e. The van der Waals surface area contributed by atoms with Crippen molar-refractivity contribution in [2.45, 2.75) is 57.5 Å². The number of hydrogen-bond donors (Lipinski definition) is 1. The summed E-state index contributed by atoms with van der Waals surface area (Å²) < 4.78 is 49.1. The molecule has 0 bridgehead atoms. The summed E-state index contributed by atoms with van der Waals surface area (Å²) >= 11 is 0. The predicted molar refractivity (Wildman–Crippen MR) is 114 cm³/mol. The molecule has 2 aromatic carbocycles. The maximum absolute atomic E-state index is 12.8. The molecule has 1 aliphatic heterocycles. The number of aliphatic carboxylic acids is 1. The Balaban J connectivity index is 1.69. The van der Waals surface area contributed by atoms with Gasteiger partial charge >= 0.3 is 18.2 Å². The molecule has 0 saturated carbocycles. The first kappa shape index (κ1) is 24.4. The number of benzene rings is 2. The summed E-state index contributed by atoms with van der Waals surface area (Å²) in [6, 6.07) is 11.2. The molecule has 0 spiro atoms. The molecule has 9 heteroatoms. The van der Waals surface area contributed by atoms with E-state index in [1.807, 2.05) is 6.07 Å². The number of halogens is 3. The Kier molecular flexibility index (Phi) is 7.19. The van der Waals surface area contributed by atoms with Crippen LogP contribution in [0.25, 0.3) is 0 Å². The summed E-state index contributed by atoms with van der Waals surface area (Å²) in [6.45, 7) is 3.24. The lowest BCUT2D eigenvalue weighted by atomic mass is 9.95.